The average molecular weight is 511 g/mol. The molecular weight excluding hydrogens is 484 g/mol. The van der Waals surface area contributed by atoms with Crippen LogP contribution in [0.4, 0.5) is 0 Å². The number of ether oxygens (including phenoxy) is 2. The number of aromatic hydroxyl groups is 1. The molecule has 0 spiro atoms. The largest absolute Gasteiger partial charge is 0.506 e. The lowest BCUT2D eigenvalue weighted by Crippen LogP contribution is -2.17. The minimum atomic E-state index is -1.12. The normalized spacial score (nSPS) is 11.0. The number of rotatable bonds is 10. The Morgan fingerprint density at radius 1 is 1.08 bits per heavy atom. The molecule has 0 radical (unpaired) electrons. The quantitative estimate of drug-likeness (QED) is 0.252. The monoisotopic (exact) mass is 510 g/mol. The van der Waals surface area contributed by atoms with Gasteiger partial charge in [0, 0.05) is 5.56 Å². The molecule has 0 aliphatic rings. The molecule has 0 aliphatic heterocycles. The molecule has 1 amide bonds. The number of phenols is 1. The Kier molecular flexibility index (Phi) is 8.91. The lowest BCUT2D eigenvalue weighted by atomic mass is 10.0. The molecule has 3 aromatic carbocycles. The van der Waals surface area contributed by atoms with E-state index < -0.39 is 18.5 Å². The molecule has 36 heavy (non-hydrogen) atoms. The molecule has 0 aliphatic carbocycles. The summed E-state index contributed by atoms with van der Waals surface area (Å²) in [5.41, 5.74) is 6.06. The molecule has 8 nitrogen and oxygen atoms in total. The Balaban J connectivity index is 1.75. The first-order valence-corrected chi connectivity index (χ1v) is 11.5. The fourth-order valence-electron chi connectivity index (χ4n) is 3.31. The molecule has 0 bridgehead atoms. The van der Waals surface area contributed by atoms with Gasteiger partial charge in [0.25, 0.3) is 5.91 Å². The summed E-state index contributed by atoms with van der Waals surface area (Å²) < 4.78 is 11.5. The van der Waals surface area contributed by atoms with E-state index in [0.717, 1.165) is 5.56 Å². The highest BCUT2D eigenvalue weighted by Gasteiger charge is 2.13. The van der Waals surface area contributed by atoms with E-state index in [-0.39, 0.29) is 28.7 Å². The van der Waals surface area contributed by atoms with Crippen LogP contribution in [0.25, 0.3) is 0 Å². The third-order valence-corrected chi connectivity index (χ3v) is 5.54. The molecule has 188 valence electrons. The van der Waals surface area contributed by atoms with Gasteiger partial charge in [0.05, 0.1) is 11.2 Å². The molecule has 0 fully saturated rings. The minimum absolute atomic E-state index is 0.0499. The van der Waals surface area contributed by atoms with Gasteiger partial charge in [0.1, 0.15) is 12.4 Å². The van der Waals surface area contributed by atoms with Crippen molar-refractivity contribution >= 4 is 29.7 Å². The Morgan fingerprint density at radius 3 is 2.44 bits per heavy atom. The topological polar surface area (TPSA) is 117 Å². The van der Waals surface area contributed by atoms with Crippen molar-refractivity contribution < 1.29 is 29.3 Å². The molecule has 0 heterocycles. The number of carbonyl (C=O) groups excluding carboxylic acids is 1. The van der Waals surface area contributed by atoms with E-state index in [4.69, 9.17) is 26.2 Å². The van der Waals surface area contributed by atoms with Crippen LogP contribution in [-0.4, -0.2) is 34.9 Å². The predicted molar refractivity (Wildman–Crippen MR) is 137 cm³/mol. The number of carboxylic acids is 1. The molecule has 3 aromatic rings. The van der Waals surface area contributed by atoms with Crippen LogP contribution in [0.2, 0.25) is 5.02 Å². The first-order valence-electron chi connectivity index (χ1n) is 11.2. The number of nitrogens with zero attached hydrogens (tertiary/aromatic N) is 1. The number of carboxylic acid groups (broad SMARTS) is 1. The second-order valence-corrected chi connectivity index (χ2v) is 8.80. The third-order valence-electron chi connectivity index (χ3n) is 5.23. The minimum Gasteiger partial charge on any atom is -0.506 e. The molecule has 0 saturated heterocycles. The molecule has 0 atom stereocenters. The smallest absolute Gasteiger partial charge is 0.341 e. The van der Waals surface area contributed by atoms with E-state index in [1.54, 1.807) is 19.1 Å². The molecule has 0 unspecified atom stereocenters. The van der Waals surface area contributed by atoms with Crippen molar-refractivity contribution in [2.45, 2.75) is 33.3 Å². The first-order chi connectivity index (χ1) is 17.1. The second-order valence-electron chi connectivity index (χ2n) is 8.40. The summed E-state index contributed by atoms with van der Waals surface area (Å²) in [6.07, 6.45) is 1.40. The maximum atomic E-state index is 12.3. The van der Waals surface area contributed by atoms with Crippen molar-refractivity contribution in [3.8, 4) is 17.2 Å². The Morgan fingerprint density at radius 2 is 1.81 bits per heavy atom. The maximum Gasteiger partial charge on any atom is 0.341 e. The van der Waals surface area contributed by atoms with Gasteiger partial charge in [-0.1, -0.05) is 49.7 Å². The fourth-order valence-corrected chi connectivity index (χ4v) is 3.49. The molecule has 3 N–H and O–H groups in total. The van der Waals surface area contributed by atoms with Crippen LogP contribution >= 0.6 is 11.6 Å². The van der Waals surface area contributed by atoms with Crippen LogP contribution in [0.1, 0.15) is 52.4 Å². The van der Waals surface area contributed by atoms with Gasteiger partial charge in [-0.3, -0.25) is 4.79 Å². The van der Waals surface area contributed by atoms with Gasteiger partial charge in [-0.2, -0.15) is 5.10 Å². The van der Waals surface area contributed by atoms with E-state index in [1.165, 1.54) is 30.0 Å². The molecular formula is C27H27ClN2O6. The van der Waals surface area contributed by atoms with Crippen molar-refractivity contribution in [2.75, 3.05) is 6.61 Å². The van der Waals surface area contributed by atoms with Crippen LogP contribution < -0.4 is 14.9 Å². The fraction of sp³-hybridized carbons (Fsp3) is 0.222. The molecule has 0 aromatic heterocycles. The van der Waals surface area contributed by atoms with Gasteiger partial charge in [-0.15, -0.1) is 0 Å². The van der Waals surface area contributed by atoms with Crippen molar-refractivity contribution in [3.05, 3.63) is 87.4 Å². The maximum absolute atomic E-state index is 12.3. The van der Waals surface area contributed by atoms with Gasteiger partial charge in [0.15, 0.2) is 18.1 Å². The van der Waals surface area contributed by atoms with Crippen LogP contribution in [0.15, 0.2) is 59.7 Å². The highest BCUT2D eigenvalue weighted by Crippen LogP contribution is 2.33. The zero-order valence-corrected chi connectivity index (χ0v) is 20.9. The van der Waals surface area contributed by atoms with Crippen molar-refractivity contribution in [3.63, 3.8) is 0 Å². The standard InChI is InChI=1S/C27H27ClN2O6/c1-16(2)20-6-4-18(5-7-20)14-36-26-17(3)10-19(11-24(26)35-15-25(32)33)13-29-30-27(34)21-8-9-23(31)22(28)12-21/h4-13,16,31H,14-15H2,1-3H3,(H,30,34)(H,32,33)/b29-13+. The van der Waals surface area contributed by atoms with E-state index in [9.17, 15) is 14.7 Å². The highest BCUT2D eigenvalue weighted by atomic mass is 35.5. The lowest BCUT2D eigenvalue weighted by molar-refractivity contribution is -0.139. The molecule has 9 heteroatoms. The second kappa shape index (κ2) is 12.1. The van der Waals surface area contributed by atoms with Crippen LogP contribution in [0.3, 0.4) is 0 Å². The van der Waals surface area contributed by atoms with Crippen molar-refractivity contribution in [1.29, 1.82) is 0 Å². The van der Waals surface area contributed by atoms with E-state index >= 15 is 0 Å². The number of carbonyl (C=O) groups is 2. The summed E-state index contributed by atoms with van der Waals surface area (Å²) in [6.45, 7) is 5.79. The summed E-state index contributed by atoms with van der Waals surface area (Å²) in [5, 5.41) is 22.6. The van der Waals surface area contributed by atoms with Gasteiger partial charge in [-0.05, 0) is 65.4 Å². The SMILES string of the molecule is Cc1cc(/C=N/NC(=O)c2ccc(O)c(Cl)c2)cc(OCC(=O)O)c1OCc1ccc(C(C)C)cc1. The number of amides is 1. The van der Waals surface area contributed by atoms with Crippen molar-refractivity contribution in [1.82, 2.24) is 5.43 Å². The first kappa shape index (κ1) is 26.6. The van der Waals surface area contributed by atoms with Gasteiger partial charge < -0.3 is 19.7 Å². The number of nitrogens with one attached hydrogen (secondary N) is 1. The summed E-state index contributed by atoms with van der Waals surface area (Å²) in [6, 6.07) is 15.5. The van der Waals surface area contributed by atoms with E-state index in [0.29, 0.717) is 22.8 Å². The van der Waals surface area contributed by atoms with Gasteiger partial charge in [-0.25, -0.2) is 10.2 Å². The Labute approximate surface area is 214 Å². The third kappa shape index (κ3) is 7.23. The van der Waals surface area contributed by atoms with Crippen molar-refractivity contribution in [2.24, 2.45) is 5.10 Å². The Bertz CT molecular complexity index is 1270. The Hall–Kier alpha value is -4.04. The number of halogens is 1. The zero-order chi connectivity index (χ0) is 26.2. The summed E-state index contributed by atoms with van der Waals surface area (Å²) >= 11 is 5.84. The number of hydrazone groups is 1. The van der Waals surface area contributed by atoms with Crippen LogP contribution in [0.5, 0.6) is 17.2 Å². The number of hydrogen-bond acceptors (Lipinski definition) is 6. The number of aliphatic carboxylic acids is 1. The lowest BCUT2D eigenvalue weighted by Gasteiger charge is -2.16. The average Bonchev–Trinajstić information content (AvgIpc) is 2.83. The summed E-state index contributed by atoms with van der Waals surface area (Å²) in [5.74, 6) is -0.678. The zero-order valence-electron chi connectivity index (χ0n) is 20.1. The predicted octanol–water partition coefficient (Wildman–Crippen LogP) is 5.28. The van der Waals surface area contributed by atoms with Crippen LogP contribution in [0, 0.1) is 6.92 Å². The van der Waals surface area contributed by atoms with Gasteiger partial charge in [0.2, 0.25) is 0 Å². The number of phenolic OH excluding ortho intramolecular Hbond substituents is 1. The number of aryl methyl sites for hydroxylation is 1. The number of hydrogen-bond donors (Lipinski definition) is 3. The van der Waals surface area contributed by atoms with E-state index in [1.807, 2.05) is 12.1 Å². The van der Waals surface area contributed by atoms with Crippen LogP contribution in [-0.2, 0) is 11.4 Å². The number of benzene rings is 3. The summed E-state index contributed by atoms with van der Waals surface area (Å²) in [7, 11) is 0. The molecule has 0 saturated carbocycles. The van der Waals surface area contributed by atoms with E-state index in [2.05, 4.69) is 36.5 Å². The molecule has 3 rings (SSSR count). The van der Waals surface area contributed by atoms with Gasteiger partial charge >= 0.3 is 5.97 Å². The summed E-state index contributed by atoms with van der Waals surface area (Å²) in [4.78, 5) is 23.3. The highest BCUT2D eigenvalue weighted by molar-refractivity contribution is 6.32.